The molecule has 31 heavy (non-hydrogen) atoms. The summed E-state index contributed by atoms with van der Waals surface area (Å²) in [4.78, 5) is 37.9. The second-order valence-corrected chi connectivity index (χ2v) is 7.67. The summed E-state index contributed by atoms with van der Waals surface area (Å²) < 4.78 is 6.02. The van der Waals surface area contributed by atoms with Crippen molar-refractivity contribution < 1.29 is 24.2 Å². The van der Waals surface area contributed by atoms with Crippen LogP contribution in [-0.2, 0) is 17.8 Å². The Hall–Kier alpha value is -3.35. The standard InChI is InChI=1S/C24H28N2O5/c1-4-16-7-9-17(10-8-16)15-25-23(30)26-21(29)24(5-2,6-3)22(26)31-19-13-11-18(12-14-19)20(27)28/h7-14,22H,4-6,15H2,1-3H3,(H,25,30)(H,27,28). The summed E-state index contributed by atoms with van der Waals surface area (Å²) in [6, 6.07) is 13.4. The lowest BCUT2D eigenvalue weighted by atomic mass is 9.72. The molecule has 1 atom stereocenters. The summed E-state index contributed by atoms with van der Waals surface area (Å²) in [6.45, 7) is 6.18. The number of carboxylic acids is 1. The van der Waals surface area contributed by atoms with Crippen LogP contribution in [-0.4, -0.2) is 34.1 Å². The van der Waals surface area contributed by atoms with Gasteiger partial charge < -0.3 is 15.2 Å². The summed E-state index contributed by atoms with van der Waals surface area (Å²) in [6.07, 6.45) is 1.25. The van der Waals surface area contributed by atoms with Crippen LogP contribution in [0.15, 0.2) is 48.5 Å². The Labute approximate surface area is 182 Å². The Morgan fingerprint density at radius 3 is 2.10 bits per heavy atom. The van der Waals surface area contributed by atoms with Gasteiger partial charge in [-0.05, 0) is 54.7 Å². The zero-order valence-electron chi connectivity index (χ0n) is 18.1. The molecule has 0 bridgehead atoms. The van der Waals surface area contributed by atoms with Crippen LogP contribution < -0.4 is 10.1 Å². The molecule has 0 radical (unpaired) electrons. The highest BCUT2D eigenvalue weighted by Gasteiger charge is 2.62. The number of benzene rings is 2. The van der Waals surface area contributed by atoms with Gasteiger partial charge in [0.25, 0.3) is 0 Å². The maximum absolute atomic E-state index is 12.9. The van der Waals surface area contributed by atoms with E-state index >= 15 is 0 Å². The molecule has 7 nitrogen and oxygen atoms in total. The van der Waals surface area contributed by atoms with Crippen molar-refractivity contribution in [1.29, 1.82) is 0 Å². The maximum atomic E-state index is 12.9. The van der Waals surface area contributed by atoms with Crippen molar-refractivity contribution in [2.75, 3.05) is 0 Å². The SMILES string of the molecule is CCc1ccc(CNC(=O)N2C(=O)C(CC)(CC)C2Oc2ccc(C(=O)O)cc2)cc1. The molecule has 1 heterocycles. The minimum absolute atomic E-state index is 0.137. The van der Waals surface area contributed by atoms with E-state index in [-0.39, 0.29) is 11.5 Å². The molecule has 0 aliphatic carbocycles. The van der Waals surface area contributed by atoms with Crippen molar-refractivity contribution in [3.8, 4) is 5.75 Å². The fraction of sp³-hybridized carbons (Fsp3) is 0.375. The van der Waals surface area contributed by atoms with Crippen LogP contribution in [0.4, 0.5) is 4.79 Å². The smallest absolute Gasteiger partial charge is 0.335 e. The van der Waals surface area contributed by atoms with Crippen molar-refractivity contribution >= 4 is 17.9 Å². The fourth-order valence-electron chi connectivity index (χ4n) is 3.86. The van der Waals surface area contributed by atoms with Crippen molar-refractivity contribution in [3.63, 3.8) is 0 Å². The average Bonchev–Trinajstić information content (AvgIpc) is 2.79. The first-order chi connectivity index (χ1) is 14.9. The van der Waals surface area contributed by atoms with E-state index in [0.717, 1.165) is 16.9 Å². The first-order valence-corrected chi connectivity index (χ1v) is 10.6. The van der Waals surface area contributed by atoms with E-state index in [9.17, 15) is 14.4 Å². The summed E-state index contributed by atoms with van der Waals surface area (Å²) in [5.41, 5.74) is 1.51. The average molecular weight is 424 g/mol. The lowest BCUT2D eigenvalue weighted by Crippen LogP contribution is -2.73. The van der Waals surface area contributed by atoms with E-state index in [1.165, 1.54) is 29.8 Å². The first kappa shape index (κ1) is 22.3. The normalized spacial score (nSPS) is 17.1. The van der Waals surface area contributed by atoms with Crippen LogP contribution in [0.25, 0.3) is 0 Å². The summed E-state index contributed by atoms with van der Waals surface area (Å²) >= 11 is 0. The number of urea groups is 1. The summed E-state index contributed by atoms with van der Waals surface area (Å²) in [7, 11) is 0. The Bertz CT molecular complexity index is 949. The predicted molar refractivity (Wildman–Crippen MR) is 116 cm³/mol. The number of ether oxygens (including phenoxy) is 1. The number of carbonyl (C=O) groups excluding carboxylic acids is 2. The van der Waals surface area contributed by atoms with Gasteiger partial charge in [-0.2, -0.15) is 0 Å². The van der Waals surface area contributed by atoms with Crippen LogP contribution in [0.1, 0.15) is 55.1 Å². The number of aryl methyl sites for hydroxylation is 1. The molecule has 0 saturated carbocycles. The molecule has 3 rings (SSSR count). The number of nitrogens with zero attached hydrogens (tertiary/aromatic N) is 1. The van der Waals surface area contributed by atoms with Crippen LogP contribution >= 0.6 is 0 Å². The van der Waals surface area contributed by atoms with Gasteiger partial charge >= 0.3 is 12.0 Å². The number of rotatable bonds is 8. The lowest BCUT2D eigenvalue weighted by Gasteiger charge is -2.53. The highest BCUT2D eigenvalue weighted by Crippen LogP contribution is 2.46. The molecular formula is C24H28N2O5. The van der Waals surface area contributed by atoms with E-state index in [4.69, 9.17) is 9.84 Å². The number of hydrogen-bond donors (Lipinski definition) is 2. The van der Waals surface area contributed by atoms with Crippen molar-refractivity contribution in [2.45, 2.75) is 52.8 Å². The molecule has 1 aliphatic rings. The molecule has 7 heteroatoms. The monoisotopic (exact) mass is 424 g/mol. The summed E-state index contributed by atoms with van der Waals surface area (Å²) in [5, 5.41) is 11.9. The van der Waals surface area contributed by atoms with E-state index in [2.05, 4.69) is 12.2 Å². The number of amides is 3. The van der Waals surface area contributed by atoms with Crippen molar-refractivity contribution in [3.05, 3.63) is 65.2 Å². The minimum atomic E-state index is -1.03. The van der Waals surface area contributed by atoms with Gasteiger partial charge in [0.05, 0.1) is 5.56 Å². The van der Waals surface area contributed by atoms with Crippen LogP contribution in [0, 0.1) is 5.41 Å². The lowest BCUT2D eigenvalue weighted by molar-refractivity contribution is -0.190. The molecule has 2 aromatic rings. The number of carbonyl (C=O) groups is 3. The van der Waals surface area contributed by atoms with E-state index in [1.807, 2.05) is 38.1 Å². The Kier molecular flexibility index (Phi) is 6.63. The van der Waals surface area contributed by atoms with Crippen LogP contribution in [0.3, 0.4) is 0 Å². The fourth-order valence-corrected chi connectivity index (χ4v) is 3.86. The molecule has 2 aromatic carbocycles. The second kappa shape index (κ2) is 9.20. The molecule has 2 N–H and O–H groups in total. The van der Waals surface area contributed by atoms with Crippen molar-refractivity contribution in [2.24, 2.45) is 5.41 Å². The Balaban J connectivity index is 1.74. The molecule has 164 valence electrons. The van der Waals surface area contributed by atoms with E-state index in [1.54, 1.807) is 0 Å². The van der Waals surface area contributed by atoms with Gasteiger partial charge in [0.1, 0.15) is 11.2 Å². The predicted octanol–water partition coefficient (Wildman–Crippen LogP) is 4.21. The topological polar surface area (TPSA) is 95.9 Å². The van der Waals surface area contributed by atoms with Gasteiger partial charge in [-0.15, -0.1) is 0 Å². The number of nitrogens with one attached hydrogen (secondary N) is 1. The van der Waals surface area contributed by atoms with Crippen LogP contribution in [0.2, 0.25) is 0 Å². The second-order valence-electron chi connectivity index (χ2n) is 7.67. The molecular weight excluding hydrogens is 396 g/mol. The molecule has 0 aromatic heterocycles. The highest BCUT2D eigenvalue weighted by atomic mass is 16.5. The van der Waals surface area contributed by atoms with Gasteiger partial charge in [-0.25, -0.2) is 14.5 Å². The first-order valence-electron chi connectivity index (χ1n) is 10.6. The number of hydrogen-bond acceptors (Lipinski definition) is 4. The maximum Gasteiger partial charge on any atom is 0.335 e. The molecule has 1 unspecified atom stereocenters. The zero-order valence-corrected chi connectivity index (χ0v) is 18.1. The quantitative estimate of drug-likeness (QED) is 0.619. The summed E-state index contributed by atoms with van der Waals surface area (Å²) in [5.74, 6) is -0.889. The van der Waals surface area contributed by atoms with Gasteiger partial charge in [0.15, 0.2) is 6.23 Å². The van der Waals surface area contributed by atoms with E-state index in [0.29, 0.717) is 25.1 Å². The zero-order chi connectivity index (χ0) is 22.6. The number of imide groups is 1. The third-order valence-corrected chi connectivity index (χ3v) is 6.06. The highest BCUT2D eigenvalue weighted by molar-refractivity contribution is 6.03. The molecule has 1 saturated heterocycles. The largest absolute Gasteiger partial charge is 0.478 e. The number of carboxylic acid groups (broad SMARTS) is 1. The third kappa shape index (κ3) is 4.26. The molecule has 1 fully saturated rings. The van der Waals surface area contributed by atoms with Crippen LogP contribution in [0.5, 0.6) is 5.75 Å². The Morgan fingerprint density at radius 1 is 1.00 bits per heavy atom. The van der Waals surface area contributed by atoms with E-state index < -0.39 is 23.6 Å². The van der Waals surface area contributed by atoms with Crippen molar-refractivity contribution in [1.82, 2.24) is 10.2 Å². The van der Waals surface area contributed by atoms with Gasteiger partial charge in [0.2, 0.25) is 5.91 Å². The van der Waals surface area contributed by atoms with Gasteiger partial charge in [-0.1, -0.05) is 45.0 Å². The number of aromatic carboxylic acids is 1. The molecule has 1 aliphatic heterocycles. The van der Waals surface area contributed by atoms with Gasteiger partial charge in [-0.3, -0.25) is 4.79 Å². The number of likely N-dealkylation sites (tertiary alicyclic amines) is 1. The minimum Gasteiger partial charge on any atom is -0.478 e. The number of β-lactam (4-membered cyclic amide) rings is 1. The Morgan fingerprint density at radius 2 is 1.58 bits per heavy atom. The molecule has 0 spiro atoms. The van der Waals surface area contributed by atoms with Gasteiger partial charge in [0, 0.05) is 6.54 Å². The molecule has 3 amide bonds. The third-order valence-electron chi connectivity index (χ3n) is 6.06.